The maximum atomic E-state index is 12.5. The molecule has 4 rings (SSSR count). The van der Waals surface area contributed by atoms with E-state index in [2.05, 4.69) is 46.1 Å². The molecule has 0 bridgehead atoms. The summed E-state index contributed by atoms with van der Waals surface area (Å²) in [5.41, 5.74) is 2.11. The van der Waals surface area contributed by atoms with Crippen LogP contribution in [0, 0.1) is 0 Å². The first-order valence-corrected chi connectivity index (χ1v) is 10.6. The number of fused-ring (bicyclic) bond motifs is 5. The highest BCUT2D eigenvalue weighted by Crippen LogP contribution is 2.42. The quantitative estimate of drug-likeness (QED) is 0.705. The van der Waals surface area contributed by atoms with Gasteiger partial charge in [0.1, 0.15) is 11.2 Å². The van der Waals surface area contributed by atoms with Gasteiger partial charge in [-0.3, -0.25) is 4.79 Å². The van der Waals surface area contributed by atoms with Crippen LogP contribution in [0.2, 0.25) is 0 Å². The first kappa shape index (κ1) is 18.3. The number of carbonyl (C=O) groups is 1. The van der Waals surface area contributed by atoms with Crippen LogP contribution in [0.3, 0.4) is 0 Å². The Bertz CT molecular complexity index is 974. The van der Waals surface area contributed by atoms with Crippen molar-refractivity contribution in [2.24, 2.45) is 0 Å². The van der Waals surface area contributed by atoms with Gasteiger partial charge in [-0.1, -0.05) is 20.8 Å². The van der Waals surface area contributed by atoms with Gasteiger partial charge in [-0.25, -0.2) is 14.5 Å². The molecule has 1 atom stereocenters. The van der Waals surface area contributed by atoms with Gasteiger partial charge >= 0.3 is 0 Å². The van der Waals surface area contributed by atoms with Gasteiger partial charge in [0.05, 0.1) is 5.39 Å². The Balaban J connectivity index is 1.63. The third-order valence-electron chi connectivity index (χ3n) is 5.49. The van der Waals surface area contributed by atoms with Crippen molar-refractivity contribution in [2.45, 2.75) is 46.0 Å². The fraction of sp³-hybridized carbons (Fsp3) is 0.579. The monoisotopic (exact) mass is 386 g/mol. The predicted octanol–water partition coefficient (Wildman–Crippen LogP) is 2.85. The van der Waals surface area contributed by atoms with Gasteiger partial charge in [0, 0.05) is 18.0 Å². The lowest BCUT2D eigenvalue weighted by Gasteiger charge is -2.18. The van der Waals surface area contributed by atoms with Gasteiger partial charge in [0.15, 0.2) is 5.65 Å². The number of carbonyl (C=O) groups excluding carboxylic acids is 1. The Kier molecular flexibility index (Phi) is 5.10. The van der Waals surface area contributed by atoms with E-state index in [1.165, 1.54) is 23.3 Å². The minimum absolute atomic E-state index is 0.215. The second-order valence-electron chi connectivity index (χ2n) is 7.14. The van der Waals surface area contributed by atoms with Gasteiger partial charge in [-0.15, -0.1) is 16.4 Å². The van der Waals surface area contributed by atoms with E-state index in [9.17, 15) is 4.79 Å². The average Bonchev–Trinajstić information content (AvgIpc) is 3.26. The number of nitrogens with one attached hydrogen (secondary N) is 1. The number of thiophene rings is 1. The second-order valence-corrected chi connectivity index (χ2v) is 8.23. The van der Waals surface area contributed by atoms with Crippen LogP contribution >= 0.6 is 11.3 Å². The first-order chi connectivity index (χ1) is 13.1. The largest absolute Gasteiger partial charge is 0.348 e. The predicted molar refractivity (Wildman–Crippen MR) is 108 cm³/mol. The Labute approximate surface area is 162 Å². The molecule has 0 saturated carbocycles. The molecule has 3 aromatic heterocycles. The Morgan fingerprint density at radius 1 is 1.41 bits per heavy atom. The molecule has 1 aliphatic carbocycles. The molecule has 0 radical (unpaired) electrons. The normalized spacial score (nSPS) is 17.0. The van der Waals surface area contributed by atoms with Crippen molar-refractivity contribution in [3.63, 3.8) is 0 Å². The summed E-state index contributed by atoms with van der Waals surface area (Å²) >= 11 is 1.76. The summed E-state index contributed by atoms with van der Waals surface area (Å²) in [6.45, 7) is 9.88. The zero-order chi connectivity index (χ0) is 19.0. The topological polar surface area (TPSA) is 75.4 Å². The number of aryl methyl sites for hydroxylation is 1. The number of nitrogens with zero attached hydrogens (tertiary/aromatic N) is 5. The molecule has 3 aromatic rings. The van der Waals surface area contributed by atoms with Crippen molar-refractivity contribution >= 4 is 33.1 Å². The molecule has 1 unspecified atom stereocenters. The van der Waals surface area contributed by atoms with E-state index >= 15 is 0 Å². The Morgan fingerprint density at radius 3 is 3.00 bits per heavy atom. The molecule has 0 saturated heterocycles. The molecule has 27 heavy (non-hydrogen) atoms. The molecule has 0 fully saturated rings. The van der Waals surface area contributed by atoms with Crippen molar-refractivity contribution < 1.29 is 4.79 Å². The standard InChI is InChI=1S/C19H26N6OS/c1-4-24(5-2)10-9-20-18(26)16-22-17-15-14-12(3)7-6-8-13(14)27-19(15)21-11-25(17)23-16/h11-12H,4-10H2,1-3H3,(H,20,26). The van der Waals surface area contributed by atoms with Crippen molar-refractivity contribution in [1.82, 2.24) is 29.8 Å². The molecule has 1 aliphatic rings. The van der Waals surface area contributed by atoms with Gasteiger partial charge < -0.3 is 10.2 Å². The zero-order valence-electron chi connectivity index (χ0n) is 16.2. The van der Waals surface area contributed by atoms with Crippen LogP contribution in [0.5, 0.6) is 0 Å². The molecule has 1 N–H and O–H groups in total. The summed E-state index contributed by atoms with van der Waals surface area (Å²) in [5.74, 6) is 0.488. The van der Waals surface area contributed by atoms with Crippen LogP contribution in [-0.4, -0.2) is 56.6 Å². The molecule has 7 nitrogen and oxygen atoms in total. The lowest BCUT2D eigenvalue weighted by Crippen LogP contribution is -2.35. The fourth-order valence-electron chi connectivity index (χ4n) is 3.93. The van der Waals surface area contributed by atoms with Crippen LogP contribution in [0.4, 0.5) is 0 Å². The smallest absolute Gasteiger partial charge is 0.291 e. The SMILES string of the molecule is CCN(CC)CCNC(=O)c1nc2c3c4c(sc3ncn2n1)CCCC4C. The van der Waals surface area contributed by atoms with Crippen molar-refractivity contribution in [3.05, 3.63) is 22.6 Å². The zero-order valence-corrected chi connectivity index (χ0v) is 17.0. The highest BCUT2D eigenvalue weighted by atomic mass is 32.1. The van der Waals surface area contributed by atoms with E-state index in [0.29, 0.717) is 12.5 Å². The highest BCUT2D eigenvalue weighted by molar-refractivity contribution is 7.19. The van der Waals surface area contributed by atoms with Gasteiger partial charge in [0.2, 0.25) is 5.82 Å². The summed E-state index contributed by atoms with van der Waals surface area (Å²) in [7, 11) is 0. The van der Waals surface area contributed by atoms with Crippen molar-refractivity contribution in [3.8, 4) is 0 Å². The van der Waals surface area contributed by atoms with Crippen LogP contribution in [-0.2, 0) is 6.42 Å². The maximum absolute atomic E-state index is 12.5. The van der Waals surface area contributed by atoms with Crippen LogP contribution in [0.15, 0.2) is 6.33 Å². The maximum Gasteiger partial charge on any atom is 0.291 e. The van der Waals surface area contributed by atoms with E-state index in [-0.39, 0.29) is 11.7 Å². The van der Waals surface area contributed by atoms with Crippen LogP contribution < -0.4 is 5.32 Å². The van der Waals surface area contributed by atoms with E-state index in [4.69, 9.17) is 0 Å². The average molecular weight is 387 g/mol. The minimum Gasteiger partial charge on any atom is -0.348 e. The van der Waals surface area contributed by atoms with E-state index in [1.54, 1.807) is 22.2 Å². The summed E-state index contributed by atoms with van der Waals surface area (Å²) in [5, 5.41) is 8.39. The molecular formula is C19H26N6OS. The lowest BCUT2D eigenvalue weighted by atomic mass is 9.87. The molecule has 8 heteroatoms. The van der Waals surface area contributed by atoms with Crippen molar-refractivity contribution in [2.75, 3.05) is 26.2 Å². The van der Waals surface area contributed by atoms with Crippen LogP contribution in [0.1, 0.15) is 60.6 Å². The number of amides is 1. The molecule has 0 aliphatic heterocycles. The Morgan fingerprint density at radius 2 is 2.22 bits per heavy atom. The minimum atomic E-state index is -0.226. The highest BCUT2D eigenvalue weighted by Gasteiger charge is 2.25. The fourth-order valence-corrected chi connectivity index (χ4v) is 5.22. The van der Waals surface area contributed by atoms with Gasteiger partial charge in [0.25, 0.3) is 5.91 Å². The van der Waals surface area contributed by atoms with Gasteiger partial charge in [-0.2, -0.15) is 0 Å². The number of hydrogen-bond acceptors (Lipinski definition) is 6. The van der Waals surface area contributed by atoms with Crippen LogP contribution in [0.25, 0.3) is 15.9 Å². The second kappa shape index (κ2) is 7.52. The van der Waals surface area contributed by atoms with E-state index < -0.39 is 0 Å². The van der Waals surface area contributed by atoms with E-state index in [0.717, 1.165) is 41.9 Å². The third kappa shape index (κ3) is 3.32. The summed E-state index contributed by atoms with van der Waals surface area (Å²) < 4.78 is 1.65. The molecule has 144 valence electrons. The summed E-state index contributed by atoms with van der Waals surface area (Å²) in [4.78, 5) is 26.4. The number of aromatic nitrogens is 4. The molecular weight excluding hydrogens is 360 g/mol. The molecule has 0 aromatic carbocycles. The summed E-state index contributed by atoms with van der Waals surface area (Å²) in [6.07, 6.45) is 5.19. The molecule has 1 amide bonds. The first-order valence-electron chi connectivity index (χ1n) is 9.79. The molecule has 0 spiro atoms. The number of rotatable bonds is 6. The number of likely N-dealkylation sites (N-methyl/N-ethyl adjacent to an activating group) is 1. The summed E-state index contributed by atoms with van der Waals surface area (Å²) in [6, 6.07) is 0. The number of hydrogen-bond donors (Lipinski definition) is 1. The Hall–Kier alpha value is -2.06. The molecule has 3 heterocycles. The van der Waals surface area contributed by atoms with E-state index in [1.807, 2.05) is 0 Å². The lowest BCUT2D eigenvalue weighted by molar-refractivity contribution is 0.0939. The van der Waals surface area contributed by atoms with Crippen molar-refractivity contribution in [1.29, 1.82) is 0 Å². The third-order valence-corrected chi connectivity index (χ3v) is 6.66. The van der Waals surface area contributed by atoms with Gasteiger partial charge in [-0.05, 0) is 43.8 Å².